The number of methoxy groups -OCH3 is 1. The highest BCUT2D eigenvalue weighted by Crippen LogP contribution is 2.09. The monoisotopic (exact) mass is 254 g/mol. The van der Waals surface area contributed by atoms with Gasteiger partial charge in [-0.15, -0.1) is 0 Å². The lowest BCUT2D eigenvalue weighted by Gasteiger charge is -2.08. The van der Waals surface area contributed by atoms with Gasteiger partial charge in [-0.05, 0) is 13.0 Å². The average molecular weight is 254 g/mol. The molecule has 1 aromatic heterocycles. The summed E-state index contributed by atoms with van der Waals surface area (Å²) in [5.41, 5.74) is 0.443. The molecule has 0 spiro atoms. The summed E-state index contributed by atoms with van der Waals surface area (Å²) in [7, 11) is 1.58. The third-order valence-electron chi connectivity index (χ3n) is 2.09. The summed E-state index contributed by atoms with van der Waals surface area (Å²) >= 11 is 0. The van der Waals surface area contributed by atoms with Crippen molar-refractivity contribution in [2.24, 2.45) is 0 Å². The molecule has 1 aromatic rings. The van der Waals surface area contributed by atoms with E-state index in [1.54, 1.807) is 26.2 Å². The molecule has 1 rings (SSSR count). The number of nitrogens with zero attached hydrogens (tertiary/aromatic N) is 1. The van der Waals surface area contributed by atoms with Gasteiger partial charge >= 0.3 is 0 Å². The smallest absolute Gasteiger partial charge is 0.251 e. The van der Waals surface area contributed by atoms with E-state index in [0.29, 0.717) is 24.7 Å². The van der Waals surface area contributed by atoms with Crippen LogP contribution in [0.1, 0.15) is 17.3 Å². The second kappa shape index (κ2) is 7.62. The van der Waals surface area contributed by atoms with Crippen LogP contribution in [-0.4, -0.2) is 49.0 Å². The lowest BCUT2D eigenvalue weighted by molar-refractivity contribution is 0.0923. The van der Waals surface area contributed by atoms with Gasteiger partial charge in [0.1, 0.15) is 6.61 Å². The maximum absolute atomic E-state index is 11.7. The van der Waals surface area contributed by atoms with Crippen molar-refractivity contribution < 1.29 is 19.4 Å². The van der Waals surface area contributed by atoms with Crippen molar-refractivity contribution in [3.8, 4) is 5.88 Å². The number of carbonyl (C=O) groups excluding carboxylic acids is 1. The minimum atomic E-state index is -0.576. The Morgan fingerprint density at radius 2 is 2.33 bits per heavy atom. The number of hydrogen-bond donors (Lipinski definition) is 2. The van der Waals surface area contributed by atoms with Crippen LogP contribution in [0.2, 0.25) is 0 Å². The molecule has 0 aliphatic carbocycles. The minimum Gasteiger partial charge on any atom is -0.475 e. The predicted molar refractivity (Wildman–Crippen MR) is 65.6 cm³/mol. The van der Waals surface area contributed by atoms with Crippen LogP contribution < -0.4 is 10.1 Å². The number of pyridine rings is 1. The number of aliphatic hydroxyl groups excluding tert-OH is 1. The fourth-order valence-corrected chi connectivity index (χ4v) is 1.20. The predicted octanol–water partition coefficient (Wildman–Crippen LogP) is 0.217. The molecule has 0 saturated heterocycles. The standard InChI is InChI=1S/C12H18N2O4/c1-9(15)8-14-12(16)10-3-4-13-11(7-10)18-6-5-17-2/h3-4,7,9,15H,5-6,8H2,1-2H3,(H,14,16). The normalized spacial score (nSPS) is 11.9. The second-order valence-corrected chi connectivity index (χ2v) is 3.78. The number of hydrogen-bond acceptors (Lipinski definition) is 5. The molecule has 1 atom stereocenters. The third kappa shape index (κ3) is 5.11. The van der Waals surface area contributed by atoms with Crippen LogP contribution in [0.5, 0.6) is 5.88 Å². The highest BCUT2D eigenvalue weighted by atomic mass is 16.5. The number of ether oxygens (including phenoxy) is 2. The Balaban J connectivity index is 2.55. The van der Waals surface area contributed by atoms with Crippen molar-refractivity contribution in [2.75, 3.05) is 26.9 Å². The van der Waals surface area contributed by atoms with Gasteiger partial charge in [0.05, 0.1) is 12.7 Å². The fourth-order valence-electron chi connectivity index (χ4n) is 1.20. The number of carbonyl (C=O) groups is 1. The quantitative estimate of drug-likeness (QED) is 0.680. The highest BCUT2D eigenvalue weighted by Gasteiger charge is 2.08. The number of nitrogens with one attached hydrogen (secondary N) is 1. The topological polar surface area (TPSA) is 80.7 Å². The molecule has 0 aromatic carbocycles. The zero-order chi connectivity index (χ0) is 13.4. The van der Waals surface area contributed by atoms with Gasteiger partial charge < -0.3 is 19.9 Å². The first-order chi connectivity index (χ1) is 8.63. The molecule has 1 heterocycles. The molecule has 18 heavy (non-hydrogen) atoms. The van der Waals surface area contributed by atoms with Gasteiger partial charge in [0.25, 0.3) is 5.91 Å². The van der Waals surface area contributed by atoms with Gasteiger partial charge in [-0.2, -0.15) is 0 Å². The van der Waals surface area contributed by atoms with E-state index in [9.17, 15) is 4.79 Å². The number of aliphatic hydroxyl groups is 1. The van der Waals surface area contributed by atoms with E-state index in [-0.39, 0.29) is 12.5 Å². The van der Waals surface area contributed by atoms with Crippen molar-refractivity contribution >= 4 is 5.91 Å². The molecule has 0 aliphatic rings. The number of amides is 1. The molecule has 6 heteroatoms. The Morgan fingerprint density at radius 1 is 1.56 bits per heavy atom. The van der Waals surface area contributed by atoms with E-state index in [1.165, 1.54) is 6.20 Å². The molecule has 1 amide bonds. The zero-order valence-corrected chi connectivity index (χ0v) is 10.5. The first-order valence-electron chi connectivity index (χ1n) is 5.67. The molecular weight excluding hydrogens is 236 g/mol. The Bertz CT molecular complexity index is 382. The summed E-state index contributed by atoms with van der Waals surface area (Å²) in [5.74, 6) is 0.103. The molecular formula is C12H18N2O4. The summed E-state index contributed by atoms with van der Waals surface area (Å²) in [5, 5.41) is 11.7. The molecule has 100 valence electrons. The summed E-state index contributed by atoms with van der Waals surface area (Å²) in [6.45, 7) is 2.65. The SMILES string of the molecule is COCCOc1cc(C(=O)NCC(C)O)ccn1. The lowest BCUT2D eigenvalue weighted by Crippen LogP contribution is -2.30. The number of rotatable bonds is 7. The molecule has 0 saturated carbocycles. The van der Waals surface area contributed by atoms with Gasteiger partial charge in [-0.1, -0.05) is 0 Å². The van der Waals surface area contributed by atoms with Crippen LogP contribution in [0.3, 0.4) is 0 Å². The van der Waals surface area contributed by atoms with E-state index >= 15 is 0 Å². The van der Waals surface area contributed by atoms with Crippen LogP contribution in [0, 0.1) is 0 Å². The van der Waals surface area contributed by atoms with Gasteiger partial charge in [0, 0.05) is 31.5 Å². The summed E-state index contributed by atoms with van der Waals surface area (Å²) in [4.78, 5) is 15.7. The summed E-state index contributed by atoms with van der Waals surface area (Å²) in [6, 6.07) is 3.13. The van der Waals surface area contributed by atoms with Crippen LogP contribution in [-0.2, 0) is 4.74 Å². The zero-order valence-electron chi connectivity index (χ0n) is 10.5. The van der Waals surface area contributed by atoms with E-state index < -0.39 is 6.10 Å². The maximum Gasteiger partial charge on any atom is 0.251 e. The lowest BCUT2D eigenvalue weighted by atomic mass is 10.2. The first-order valence-corrected chi connectivity index (χ1v) is 5.67. The number of aromatic nitrogens is 1. The van der Waals surface area contributed by atoms with E-state index in [0.717, 1.165) is 0 Å². The van der Waals surface area contributed by atoms with Crippen molar-refractivity contribution in [3.63, 3.8) is 0 Å². The van der Waals surface area contributed by atoms with Crippen molar-refractivity contribution in [1.82, 2.24) is 10.3 Å². The summed E-state index contributed by atoms with van der Waals surface area (Å²) < 4.78 is 10.1. The molecule has 0 aliphatic heterocycles. The Morgan fingerprint density at radius 3 is 3.00 bits per heavy atom. The Hall–Kier alpha value is -1.66. The van der Waals surface area contributed by atoms with Crippen LogP contribution in [0.15, 0.2) is 18.3 Å². The van der Waals surface area contributed by atoms with Gasteiger partial charge in [-0.25, -0.2) is 4.98 Å². The van der Waals surface area contributed by atoms with E-state index in [4.69, 9.17) is 14.6 Å². The molecule has 6 nitrogen and oxygen atoms in total. The van der Waals surface area contributed by atoms with Crippen LogP contribution in [0.4, 0.5) is 0 Å². The Kier molecular flexibility index (Phi) is 6.10. The third-order valence-corrected chi connectivity index (χ3v) is 2.09. The van der Waals surface area contributed by atoms with Crippen molar-refractivity contribution in [1.29, 1.82) is 0 Å². The fraction of sp³-hybridized carbons (Fsp3) is 0.500. The van der Waals surface area contributed by atoms with Crippen molar-refractivity contribution in [3.05, 3.63) is 23.9 Å². The summed E-state index contributed by atoms with van der Waals surface area (Å²) in [6.07, 6.45) is 0.924. The van der Waals surface area contributed by atoms with Crippen LogP contribution in [0.25, 0.3) is 0 Å². The average Bonchev–Trinajstić information content (AvgIpc) is 2.36. The van der Waals surface area contributed by atoms with Gasteiger partial charge in [0.15, 0.2) is 0 Å². The van der Waals surface area contributed by atoms with E-state index in [2.05, 4.69) is 10.3 Å². The molecule has 1 unspecified atom stereocenters. The van der Waals surface area contributed by atoms with Crippen molar-refractivity contribution in [2.45, 2.75) is 13.0 Å². The van der Waals surface area contributed by atoms with Crippen LogP contribution >= 0.6 is 0 Å². The Labute approximate surface area is 106 Å². The first kappa shape index (κ1) is 14.4. The minimum absolute atomic E-state index is 0.209. The maximum atomic E-state index is 11.7. The molecule has 0 bridgehead atoms. The molecule has 0 radical (unpaired) electrons. The largest absolute Gasteiger partial charge is 0.475 e. The highest BCUT2D eigenvalue weighted by molar-refractivity contribution is 5.94. The molecule has 2 N–H and O–H groups in total. The van der Waals surface area contributed by atoms with Gasteiger partial charge in [0.2, 0.25) is 5.88 Å². The second-order valence-electron chi connectivity index (χ2n) is 3.78. The van der Waals surface area contributed by atoms with Gasteiger partial charge in [-0.3, -0.25) is 4.79 Å². The molecule has 0 fully saturated rings. The van der Waals surface area contributed by atoms with E-state index in [1.807, 2.05) is 0 Å².